The summed E-state index contributed by atoms with van der Waals surface area (Å²) in [7, 11) is 0. The molecular formula is C79H49N3. The van der Waals surface area contributed by atoms with Crippen molar-refractivity contribution >= 4 is 65.4 Å². The number of nitrogens with zero attached hydrogens (tertiary/aromatic N) is 3. The van der Waals surface area contributed by atoms with Gasteiger partial charge in [0.25, 0.3) is 0 Å². The van der Waals surface area contributed by atoms with Crippen molar-refractivity contribution in [1.29, 1.82) is 0 Å². The van der Waals surface area contributed by atoms with Crippen LogP contribution in [0.3, 0.4) is 0 Å². The van der Waals surface area contributed by atoms with Gasteiger partial charge in [-0.3, -0.25) is 0 Å². The molecule has 0 saturated carbocycles. The van der Waals surface area contributed by atoms with Crippen molar-refractivity contribution in [2.75, 3.05) is 0 Å². The molecule has 0 amide bonds. The summed E-state index contributed by atoms with van der Waals surface area (Å²) in [5.41, 5.74) is 27.8. The molecule has 3 aromatic heterocycles. The summed E-state index contributed by atoms with van der Waals surface area (Å²) in [5, 5.41) is 7.39. The molecule has 3 heteroatoms. The molecule has 1 spiro atoms. The molecule has 16 aromatic rings. The minimum Gasteiger partial charge on any atom is -0.309 e. The van der Waals surface area contributed by atoms with Crippen molar-refractivity contribution < 1.29 is 0 Å². The van der Waals surface area contributed by atoms with E-state index in [2.05, 4.69) is 311 Å². The third kappa shape index (κ3) is 6.25. The molecule has 0 aliphatic heterocycles. The van der Waals surface area contributed by atoms with Crippen LogP contribution < -0.4 is 0 Å². The first kappa shape index (κ1) is 45.2. The fourth-order valence-electron chi connectivity index (χ4n) is 14.8. The molecule has 0 radical (unpaired) electrons. The highest BCUT2D eigenvalue weighted by Crippen LogP contribution is 2.63. The van der Waals surface area contributed by atoms with Crippen molar-refractivity contribution in [1.82, 2.24) is 13.7 Å². The van der Waals surface area contributed by atoms with E-state index in [1.165, 1.54) is 132 Å². The molecule has 82 heavy (non-hydrogen) atoms. The van der Waals surface area contributed by atoms with Gasteiger partial charge in [0.1, 0.15) is 0 Å². The van der Waals surface area contributed by atoms with E-state index in [1.54, 1.807) is 0 Å². The molecule has 3 nitrogen and oxygen atoms in total. The lowest BCUT2D eigenvalue weighted by Gasteiger charge is -2.30. The molecular weight excluding hydrogens is 991 g/mol. The molecule has 380 valence electrons. The van der Waals surface area contributed by atoms with Crippen molar-refractivity contribution in [3.63, 3.8) is 0 Å². The van der Waals surface area contributed by atoms with E-state index in [0.29, 0.717) is 0 Å². The SMILES string of the molecule is c1ccc(-c2ccc(-n3c4ccccc4c4cc(-c5cc(-c6ccc7c(c6)c6ccccc6n7-c6ccc7c(c6)C6(c8ccccc8-c8ccccc86)c6ccccc6-7)cc(-n6c7ccccc7c7ccccc76)c5)ccc43)cc2)cc1. The van der Waals surface area contributed by atoms with Gasteiger partial charge in [-0.25, -0.2) is 0 Å². The van der Waals surface area contributed by atoms with E-state index in [-0.39, 0.29) is 0 Å². The van der Waals surface area contributed by atoms with Gasteiger partial charge >= 0.3 is 0 Å². The highest BCUT2D eigenvalue weighted by Gasteiger charge is 2.51. The van der Waals surface area contributed by atoms with Gasteiger partial charge in [0.05, 0.1) is 38.5 Å². The molecule has 0 unspecified atom stereocenters. The van der Waals surface area contributed by atoms with Crippen molar-refractivity contribution in [3.05, 3.63) is 320 Å². The minimum absolute atomic E-state index is 0.434. The summed E-state index contributed by atoms with van der Waals surface area (Å²) >= 11 is 0. The lowest BCUT2D eigenvalue weighted by Crippen LogP contribution is -2.26. The van der Waals surface area contributed by atoms with Crippen molar-refractivity contribution in [3.8, 4) is 72.7 Å². The van der Waals surface area contributed by atoms with Gasteiger partial charge < -0.3 is 13.7 Å². The molecule has 0 saturated heterocycles. The first-order valence-electron chi connectivity index (χ1n) is 28.5. The van der Waals surface area contributed by atoms with Crippen LogP contribution in [-0.4, -0.2) is 13.7 Å². The second-order valence-electron chi connectivity index (χ2n) is 22.3. The van der Waals surface area contributed by atoms with Gasteiger partial charge in [-0.2, -0.15) is 0 Å². The summed E-state index contributed by atoms with van der Waals surface area (Å²) < 4.78 is 7.38. The second kappa shape index (κ2) is 17.1. The third-order valence-corrected chi connectivity index (χ3v) is 18.2. The zero-order valence-corrected chi connectivity index (χ0v) is 44.6. The molecule has 0 N–H and O–H groups in total. The Morgan fingerprint density at radius 1 is 0.183 bits per heavy atom. The lowest BCUT2D eigenvalue weighted by molar-refractivity contribution is 0.792. The Labute approximate surface area is 474 Å². The van der Waals surface area contributed by atoms with Crippen LogP contribution in [0.1, 0.15) is 22.3 Å². The smallest absolute Gasteiger partial charge is 0.0726 e. The van der Waals surface area contributed by atoms with Crippen LogP contribution in [0.5, 0.6) is 0 Å². The van der Waals surface area contributed by atoms with Crippen LogP contribution in [0.2, 0.25) is 0 Å². The zero-order chi connectivity index (χ0) is 53.6. The Kier molecular flexibility index (Phi) is 9.43. The number of para-hydroxylation sites is 4. The highest BCUT2D eigenvalue weighted by molar-refractivity contribution is 6.13. The number of benzene rings is 13. The van der Waals surface area contributed by atoms with E-state index < -0.39 is 5.41 Å². The monoisotopic (exact) mass is 1040 g/mol. The van der Waals surface area contributed by atoms with Crippen molar-refractivity contribution in [2.45, 2.75) is 5.41 Å². The fourth-order valence-corrected chi connectivity index (χ4v) is 14.8. The van der Waals surface area contributed by atoms with E-state index in [0.717, 1.165) is 28.2 Å². The summed E-state index contributed by atoms with van der Waals surface area (Å²) in [6, 6.07) is 111. The minimum atomic E-state index is -0.434. The summed E-state index contributed by atoms with van der Waals surface area (Å²) in [5.74, 6) is 0. The molecule has 0 atom stereocenters. The van der Waals surface area contributed by atoms with Crippen LogP contribution in [0.25, 0.3) is 138 Å². The molecule has 2 aliphatic carbocycles. The molecule has 3 heterocycles. The Bertz CT molecular complexity index is 5220. The number of fused-ring (bicyclic) bond motifs is 19. The van der Waals surface area contributed by atoms with Gasteiger partial charge in [0.2, 0.25) is 0 Å². The maximum atomic E-state index is 2.51. The Morgan fingerprint density at radius 2 is 0.537 bits per heavy atom. The summed E-state index contributed by atoms with van der Waals surface area (Å²) in [6.45, 7) is 0. The number of hydrogen-bond acceptors (Lipinski definition) is 0. The van der Waals surface area contributed by atoms with Crippen LogP contribution in [0.4, 0.5) is 0 Å². The quantitative estimate of drug-likeness (QED) is 0.158. The fraction of sp³-hybridized carbons (Fsp3) is 0.0127. The summed E-state index contributed by atoms with van der Waals surface area (Å²) in [6.07, 6.45) is 0. The van der Waals surface area contributed by atoms with E-state index >= 15 is 0 Å². The van der Waals surface area contributed by atoms with Gasteiger partial charge in [0, 0.05) is 49.4 Å². The predicted octanol–water partition coefficient (Wildman–Crippen LogP) is 20.3. The van der Waals surface area contributed by atoms with Crippen LogP contribution in [0.15, 0.2) is 297 Å². The highest BCUT2D eigenvalue weighted by atomic mass is 15.0. The lowest BCUT2D eigenvalue weighted by atomic mass is 9.70. The molecule has 2 aliphatic rings. The normalized spacial score (nSPS) is 13.0. The zero-order valence-electron chi connectivity index (χ0n) is 44.6. The predicted molar refractivity (Wildman–Crippen MR) is 342 cm³/mol. The second-order valence-corrected chi connectivity index (χ2v) is 22.3. The average molecular weight is 1040 g/mol. The van der Waals surface area contributed by atoms with E-state index in [1.807, 2.05) is 0 Å². The van der Waals surface area contributed by atoms with Gasteiger partial charge in [0.15, 0.2) is 0 Å². The number of aromatic nitrogens is 3. The standard InChI is InChI=1S/C79H49N3/c1-2-18-50(19-3-1)51-34-38-56(39-35-51)80-75-32-16-9-25-65(75)67-47-52(36-42-77(67)80)54-44-55(46-58(45-54)82-73-30-14-7-23-63(73)64-24-8-15-31-74(64)82)53-37-43-78-68(48-53)66-26-10-17-33-76(66)81(78)57-40-41-62-61-22-6-13-29-71(61)79(72(62)49-57)69-27-11-4-20-59(69)60-21-5-12-28-70(60)79/h1-49H. The molecule has 18 rings (SSSR count). The van der Waals surface area contributed by atoms with E-state index in [4.69, 9.17) is 0 Å². The van der Waals surface area contributed by atoms with E-state index in [9.17, 15) is 0 Å². The largest absolute Gasteiger partial charge is 0.309 e. The maximum absolute atomic E-state index is 2.51. The Hall–Kier alpha value is -10.7. The number of rotatable bonds is 6. The van der Waals surface area contributed by atoms with Crippen LogP contribution >= 0.6 is 0 Å². The third-order valence-electron chi connectivity index (χ3n) is 18.2. The first-order valence-corrected chi connectivity index (χ1v) is 28.5. The molecule has 0 bridgehead atoms. The van der Waals surface area contributed by atoms with Crippen LogP contribution in [0, 0.1) is 0 Å². The van der Waals surface area contributed by atoms with Crippen LogP contribution in [-0.2, 0) is 5.41 Å². The Balaban J connectivity index is 0.826. The summed E-state index contributed by atoms with van der Waals surface area (Å²) in [4.78, 5) is 0. The molecule has 13 aromatic carbocycles. The van der Waals surface area contributed by atoms with Crippen molar-refractivity contribution in [2.24, 2.45) is 0 Å². The Morgan fingerprint density at radius 3 is 1.04 bits per heavy atom. The van der Waals surface area contributed by atoms with Gasteiger partial charge in [-0.05, 0) is 169 Å². The average Bonchev–Trinajstić information content (AvgIpc) is 1.97. The maximum Gasteiger partial charge on any atom is 0.0726 e. The van der Waals surface area contributed by atoms with Gasteiger partial charge in [-0.15, -0.1) is 0 Å². The first-order chi connectivity index (χ1) is 40.7. The topological polar surface area (TPSA) is 14.8 Å². The number of hydrogen-bond donors (Lipinski definition) is 0. The molecule has 0 fully saturated rings. The van der Waals surface area contributed by atoms with Gasteiger partial charge in [-0.1, -0.05) is 206 Å².